The summed E-state index contributed by atoms with van der Waals surface area (Å²) in [6.45, 7) is 4.34. The summed E-state index contributed by atoms with van der Waals surface area (Å²) in [6.07, 6.45) is 3.90. The van der Waals surface area contributed by atoms with Crippen molar-refractivity contribution in [2.45, 2.75) is 55.2 Å². The van der Waals surface area contributed by atoms with E-state index >= 15 is 0 Å². The summed E-state index contributed by atoms with van der Waals surface area (Å²) in [4.78, 5) is 4.40. The first kappa shape index (κ1) is 18.9. The molecule has 0 spiro atoms. The average Bonchev–Trinajstić information content (AvgIpc) is 2.93. The van der Waals surface area contributed by atoms with Crippen molar-refractivity contribution in [3.63, 3.8) is 0 Å². The highest BCUT2D eigenvalue weighted by Crippen LogP contribution is 2.28. The second-order valence-corrected chi connectivity index (χ2v) is 11.0. The number of hydrogen-bond donors (Lipinski definition) is 3. The summed E-state index contributed by atoms with van der Waals surface area (Å²) in [6, 6.07) is 6.31. The van der Waals surface area contributed by atoms with Crippen molar-refractivity contribution in [3.8, 4) is 0 Å². The molecule has 1 aromatic carbocycles. The van der Waals surface area contributed by atoms with Gasteiger partial charge in [0.05, 0.1) is 15.5 Å². The topological polar surface area (TPSA) is 71.1 Å². The van der Waals surface area contributed by atoms with Crippen molar-refractivity contribution < 1.29 is 8.42 Å². The lowest BCUT2D eigenvalue weighted by molar-refractivity contribution is 0.323. The van der Waals surface area contributed by atoms with Crippen LogP contribution in [0.3, 0.4) is 0 Å². The molecule has 0 amide bonds. The number of nitrogens with zero attached hydrogens (tertiary/aromatic N) is 1. The molecule has 0 radical (unpaired) electrons. The van der Waals surface area contributed by atoms with Crippen LogP contribution in [0.1, 0.15) is 39.5 Å². The molecular weight excluding hydrogens is 374 g/mol. The van der Waals surface area contributed by atoms with Gasteiger partial charge in [-0.1, -0.05) is 0 Å². The predicted molar refractivity (Wildman–Crippen MR) is 108 cm³/mol. The Bertz CT molecular complexity index is 825. The first-order chi connectivity index (χ1) is 11.8. The molecule has 25 heavy (non-hydrogen) atoms. The molecule has 3 rings (SSSR count). The van der Waals surface area contributed by atoms with E-state index in [0.717, 1.165) is 52.5 Å². The average molecular weight is 400 g/mol. The lowest BCUT2D eigenvalue weighted by Gasteiger charge is -2.29. The monoisotopic (exact) mass is 399 g/mol. The third-order valence-corrected chi connectivity index (χ3v) is 7.89. The molecule has 138 valence electrons. The summed E-state index contributed by atoms with van der Waals surface area (Å²) in [5.74, 6) is 0.575. The number of nitrogens with one attached hydrogen (secondary N) is 2. The molecule has 2 aromatic rings. The summed E-state index contributed by atoms with van der Waals surface area (Å²) < 4.78 is 28.7. The number of aromatic nitrogens is 1. The maximum Gasteiger partial charge on any atom is 0.214 e. The van der Waals surface area contributed by atoms with Crippen LogP contribution in [0.4, 0.5) is 5.69 Å². The Morgan fingerprint density at radius 2 is 2.00 bits per heavy atom. The highest BCUT2D eigenvalue weighted by atomic mass is 32.2. The van der Waals surface area contributed by atoms with E-state index in [4.69, 9.17) is 0 Å². The van der Waals surface area contributed by atoms with E-state index < -0.39 is 10.0 Å². The molecule has 1 aromatic heterocycles. The first-order valence-corrected chi connectivity index (χ1v) is 11.5. The van der Waals surface area contributed by atoms with Crippen LogP contribution in [0.15, 0.2) is 22.5 Å². The third kappa shape index (κ3) is 4.87. The number of hydrogen-bond acceptors (Lipinski definition) is 6. The summed E-state index contributed by atoms with van der Waals surface area (Å²) in [7, 11) is -3.17. The Balaban J connectivity index is 1.48. The van der Waals surface area contributed by atoms with Gasteiger partial charge in [-0.3, -0.25) is 0 Å². The number of anilines is 1. The fourth-order valence-electron chi connectivity index (χ4n) is 3.14. The maximum atomic E-state index is 12.0. The molecule has 2 N–H and O–H groups in total. The second kappa shape index (κ2) is 7.82. The van der Waals surface area contributed by atoms with Crippen molar-refractivity contribution in [3.05, 3.63) is 18.2 Å². The Labute approximate surface area is 159 Å². The number of sulfonamides is 1. The van der Waals surface area contributed by atoms with E-state index in [-0.39, 0.29) is 11.3 Å². The number of thiazole rings is 1. The van der Waals surface area contributed by atoms with Gasteiger partial charge in [0.2, 0.25) is 10.0 Å². The van der Waals surface area contributed by atoms with Gasteiger partial charge in [-0.2, -0.15) is 0 Å². The molecule has 8 heteroatoms. The summed E-state index contributed by atoms with van der Waals surface area (Å²) in [5, 5.41) is 3.13. The Kier molecular flexibility index (Phi) is 5.92. The molecule has 0 saturated heterocycles. The smallest absolute Gasteiger partial charge is 0.214 e. The molecule has 0 bridgehead atoms. The fraction of sp³-hybridized carbons (Fsp3) is 0.588. The van der Waals surface area contributed by atoms with Crippen LogP contribution >= 0.6 is 24.0 Å². The minimum Gasteiger partial charge on any atom is -0.385 e. The molecule has 1 fully saturated rings. The van der Waals surface area contributed by atoms with Gasteiger partial charge in [0.1, 0.15) is 4.34 Å². The fourth-order valence-corrected chi connectivity index (χ4v) is 5.20. The lowest BCUT2D eigenvalue weighted by Crippen LogP contribution is -2.41. The van der Waals surface area contributed by atoms with Gasteiger partial charge < -0.3 is 5.32 Å². The van der Waals surface area contributed by atoms with Gasteiger partial charge in [-0.15, -0.1) is 24.0 Å². The first-order valence-electron chi connectivity index (χ1n) is 8.68. The van der Waals surface area contributed by atoms with Gasteiger partial charge in [0, 0.05) is 18.3 Å². The van der Waals surface area contributed by atoms with Crippen molar-refractivity contribution in [1.82, 2.24) is 9.71 Å². The van der Waals surface area contributed by atoms with Crippen molar-refractivity contribution in [2.24, 2.45) is 5.92 Å². The molecule has 1 aliphatic carbocycles. The number of benzene rings is 1. The van der Waals surface area contributed by atoms with Gasteiger partial charge in [0.15, 0.2) is 0 Å². The molecular formula is C17H25N3O2S3. The van der Waals surface area contributed by atoms with Crippen LogP contribution in [-0.2, 0) is 10.0 Å². The zero-order chi connectivity index (χ0) is 18.0. The van der Waals surface area contributed by atoms with Crippen LogP contribution in [0.25, 0.3) is 10.2 Å². The number of rotatable bonds is 6. The summed E-state index contributed by atoms with van der Waals surface area (Å²) >= 11 is 5.88. The molecule has 0 atom stereocenters. The zero-order valence-electron chi connectivity index (χ0n) is 14.5. The van der Waals surface area contributed by atoms with Crippen LogP contribution in [0.2, 0.25) is 0 Å². The minimum atomic E-state index is -3.17. The standard InChI is InChI=1S/C17H25N3O2S3/c1-11(2)25(21,22)20-13-5-3-12(4-6-13)10-18-14-7-8-16-15(9-14)19-17(23)24-16/h7-9,11-13,18,20H,3-6,10H2,1-2H3,(H,19,23). The molecule has 1 aliphatic rings. The lowest BCUT2D eigenvalue weighted by atomic mass is 9.86. The highest BCUT2D eigenvalue weighted by molar-refractivity contribution is 7.90. The largest absolute Gasteiger partial charge is 0.385 e. The van der Waals surface area contributed by atoms with Crippen LogP contribution in [-0.4, -0.2) is 31.2 Å². The van der Waals surface area contributed by atoms with Gasteiger partial charge in [-0.05, 0) is 63.6 Å². The van der Waals surface area contributed by atoms with Crippen molar-refractivity contribution in [2.75, 3.05) is 11.9 Å². The van der Waals surface area contributed by atoms with Crippen LogP contribution < -0.4 is 10.0 Å². The molecule has 1 saturated carbocycles. The van der Waals surface area contributed by atoms with E-state index in [1.54, 1.807) is 25.2 Å². The van der Waals surface area contributed by atoms with E-state index in [0.29, 0.717) is 5.92 Å². The van der Waals surface area contributed by atoms with E-state index in [9.17, 15) is 8.42 Å². The molecule has 5 nitrogen and oxygen atoms in total. The van der Waals surface area contributed by atoms with E-state index in [2.05, 4.69) is 45.9 Å². The number of fused-ring (bicyclic) bond motifs is 1. The highest BCUT2D eigenvalue weighted by Gasteiger charge is 2.26. The quantitative estimate of drug-likeness (QED) is 0.645. The Morgan fingerprint density at radius 3 is 2.68 bits per heavy atom. The summed E-state index contributed by atoms with van der Waals surface area (Å²) in [5.41, 5.74) is 2.06. The third-order valence-electron chi connectivity index (χ3n) is 4.77. The SMILES string of the molecule is CC(C)S(=O)(=O)NC1CCC(CNc2ccc3sc(S)nc3c2)CC1. The van der Waals surface area contributed by atoms with Gasteiger partial charge >= 0.3 is 0 Å². The Hall–Kier alpha value is -0.830. The number of thiol groups is 1. The molecule has 0 unspecified atom stereocenters. The van der Waals surface area contributed by atoms with Gasteiger partial charge in [0.25, 0.3) is 0 Å². The van der Waals surface area contributed by atoms with Gasteiger partial charge in [-0.25, -0.2) is 18.1 Å². The second-order valence-electron chi connectivity index (χ2n) is 6.99. The van der Waals surface area contributed by atoms with Crippen LogP contribution in [0.5, 0.6) is 0 Å². The molecule has 0 aliphatic heterocycles. The normalized spacial score (nSPS) is 21.8. The maximum absolute atomic E-state index is 12.0. The minimum absolute atomic E-state index is 0.0869. The Morgan fingerprint density at radius 1 is 1.28 bits per heavy atom. The molecule has 1 heterocycles. The zero-order valence-corrected chi connectivity index (χ0v) is 17.1. The van der Waals surface area contributed by atoms with E-state index in [1.165, 1.54) is 0 Å². The predicted octanol–water partition coefficient (Wildman–Crippen LogP) is 3.88. The van der Waals surface area contributed by atoms with Crippen molar-refractivity contribution >= 4 is 49.9 Å². The van der Waals surface area contributed by atoms with Crippen LogP contribution in [0, 0.1) is 5.92 Å². The van der Waals surface area contributed by atoms with Crippen molar-refractivity contribution in [1.29, 1.82) is 0 Å². The van der Waals surface area contributed by atoms with E-state index in [1.807, 2.05) is 0 Å².